The number of aromatic hydroxyl groups is 1. The van der Waals surface area contributed by atoms with Gasteiger partial charge in [0.1, 0.15) is 5.75 Å². The fourth-order valence-corrected chi connectivity index (χ4v) is 2.52. The number of benzene rings is 1. The van der Waals surface area contributed by atoms with Gasteiger partial charge < -0.3 is 10.4 Å². The minimum atomic E-state index is 0.102. The summed E-state index contributed by atoms with van der Waals surface area (Å²) < 4.78 is 0. The first-order chi connectivity index (χ1) is 8.75. The molecule has 98 valence electrons. The summed E-state index contributed by atoms with van der Waals surface area (Å²) in [6.45, 7) is 0. The molecule has 1 saturated carbocycles. The quantitative estimate of drug-likeness (QED) is 0.859. The lowest BCUT2D eigenvalue weighted by Gasteiger charge is -2.22. The van der Waals surface area contributed by atoms with Crippen molar-refractivity contribution in [1.29, 1.82) is 0 Å². The number of nitrogens with one attached hydrogen (secondary N) is 1. The van der Waals surface area contributed by atoms with E-state index in [4.69, 9.17) is 0 Å². The Kier molecular flexibility index (Phi) is 4.62. The third-order valence-electron chi connectivity index (χ3n) is 3.58. The second-order valence-corrected chi connectivity index (χ2v) is 5.03. The van der Waals surface area contributed by atoms with Crippen LogP contribution < -0.4 is 5.32 Å². The van der Waals surface area contributed by atoms with Crippen molar-refractivity contribution >= 4 is 5.91 Å². The van der Waals surface area contributed by atoms with Gasteiger partial charge in [0.25, 0.3) is 0 Å². The number of aryl methyl sites for hydroxylation is 1. The molecular formula is C15H21NO2. The van der Waals surface area contributed by atoms with Crippen LogP contribution in [0, 0.1) is 0 Å². The fourth-order valence-electron chi connectivity index (χ4n) is 2.52. The highest BCUT2D eigenvalue weighted by molar-refractivity contribution is 5.76. The normalized spacial score (nSPS) is 16.4. The average molecular weight is 247 g/mol. The lowest BCUT2D eigenvalue weighted by molar-refractivity contribution is -0.121. The molecule has 0 aromatic heterocycles. The van der Waals surface area contributed by atoms with Gasteiger partial charge in [0.2, 0.25) is 5.91 Å². The second-order valence-electron chi connectivity index (χ2n) is 5.03. The molecular weight excluding hydrogens is 226 g/mol. The molecule has 1 fully saturated rings. The van der Waals surface area contributed by atoms with Crippen molar-refractivity contribution in [3.63, 3.8) is 0 Å². The number of phenols is 1. The Morgan fingerprint density at radius 3 is 2.67 bits per heavy atom. The number of amides is 1. The van der Waals surface area contributed by atoms with Crippen molar-refractivity contribution in [3.05, 3.63) is 29.8 Å². The maximum Gasteiger partial charge on any atom is 0.220 e. The Morgan fingerprint density at radius 2 is 1.94 bits per heavy atom. The maximum atomic E-state index is 11.8. The van der Waals surface area contributed by atoms with Crippen LogP contribution in [0.25, 0.3) is 0 Å². The lowest BCUT2D eigenvalue weighted by Crippen LogP contribution is -2.36. The van der Waals surface area contributed by atoms with E-state index in [-0.39, 0.29) is 11.7 Å². The van der Waals surface area contributed by atoms with Gasteiger partial charge in [-0.05, 0) is 30.9 Å². The predicted octanol–water partition coefficient (Wildman–Crippen LogP) is 2.77. The van der Waals surface area contributed by atoms with Crippen molar-refractivity contribution in [2.45, 2.75) is 51.0 Å². The fraction of sp³-hybridized carbons (Fsp3) is 0.533. The highest BCUT2D eigenvalue weighted by Gasteiger charge is 2.15. The van der Waals surface area contributed by atoms with Crippen LogP contribution in [0.5, 0.6) is 5.75 Å². The van der Waals surface area contributed by atoms with E-state index in [0.717, 1.165) is 18.4 Å². The van der Waals surface area contributed by atoms with E-state index >= 15 is 0 Å². The monoisotopic (exact) mass is 247 g/mol. The van der Waals surface area contributed by atoms with Crippen LogP contribution >= 0.6 is 0 Å². The zero-order chi connectivity index (χ0) is 12.8. The van der Waals surface area contributed by atoms with Crippen molar-refractivity contribution in [1.82, 2.24) is 5.32 Å². The molecule has 2 rings (SSSR count). The Labute approximate surface area is 108 Å². The molecule has 1 aromatic rings. The topological polar surface area (TPSA) is 49.3 Å². The van der Waals surface area contributed by atoms with Gasteiger partial charge in [0, 0.05) is 12.5 Å². The molecule has 18 heavy (non-hydrogen) atoms. The average Bonchev–Trinajstić information content (AvgIpc) is 2.39. The lowest BCUT2D eigenvalue weighted by atomic mass is 9.95. The number of phenolic OH excluding ortho intramolecular Hbond substituents is 1. The summed E-state index contributed by atoms with van der Waals surface area (Å²) in [7, 11) is 0. The van der Waals surface area contributed by atoms with Crippen LogP contribution in [0.4, 0.5) is 0 Å². The molecule has 1 amide bonds. The van der Waals surface area contributed by atoms with E-state index in [2.05, 4.69) is 5.32 Å². The maximum absolute atomic E-state index is 11.8. The molecule has 0 unspecified atom stereocenters. The first-order valence-electron chi connectivity index (χ1n) is 6.82. The van der Waals surface area contributed by atoms with E-state index in [1.807, 2.05) is 12.1 Å². The van der Waals surface area contributed by atoms with Crippen LogP contribution in [-0.4, -0.2) is 17.1 Å². The molecule has 3 heteroatoms. The highest BCUT2D eigenvalue weighted by atomic mass is 16.3. The number of rotatable bonds is 4. The smallest absolute Gasteiger partial charge is 0.220 e. The van der Waals surface area contributed by atoms with Crippen molar-refractivity contribution in [3.8, 4) is 5.75 Å². The van der Waals surface area contributed by atoms with Gasteiger partial charge in [0.15, 0.2) is 0 Å². The third-order valence-corrected chi connectivity index (χ3v) is 3.58. The summed E-state index contributed by atoms with van der Waals surface area (Å²) in [5, 5.41) is 12.7. The molecule has 1 aliphatic carbocycles. The summed E-state index contributed by atoms with van der Waals surface area (Å²) in [4.78, 5) is 11.8. The molecule has 2 N–H and O–H groups in total. The summed E-state index contributed by atoms with van der Waals surface area (Å²) in [5.41, 5.74) is 0.844. The zero-order valence-electron chi connectivity index (χ0n) is 10.7. The third kappa shape index (κ3) is 3.76. The van der Waals surface area contributed by atoms with Gasteiger partial charge in [-0.1, -0.05) is 37.5 Å². The van der Waals surface area contributed by atoms with Gasteiger partial charge in [-0.2, -0.15) is 0 Å². The molecule has 1 aromatic carbocycles. The van der Waals surface area contributed by atoms with E-state index in [9.17, 15) is 9.90 Å². The van der Waals surface area contributed by atoms with E-state index in [0.29, 0.717) is 18.9 Å². The molecule has 0 heterocycles. The Hall–Kier alpha value is -1.51. The van der Waals surface area contributed by atoms with Gasteiger partial charge in [-0.15, -0.1) is 0 Å². The number of carbonyl (C=O) groups is 1. The molecule has 0 aliphatic heterocycles. The van der Waals surface area contributed by atoms with Gasteiger partial charge in [-0.3, -0.25) is 4.79 Å². The van der Waals surface area contributed by atoms with Crippen LogP contribution in [0.15, 0.2) is 24.3 Å². The van der Waals surface area contributed by atoms with Gasteiger partial charge >= 0.3 is 0 Å². The van der Waals surface area contributed by atoms with E-state index in [1.54, 1.807) is 12.1 Å². The number of para-hydroxylation sites is 1. The van der Waals surface area contributed by atoms with Gasteiger partial charge in [-0.25, -0.2) is 0 Å². The molecule has 0 saturated heterocycles. The SMILES string of the molecule is O=C(CCc1ccccc1O)NC1CCCCC1. The minimum Gasteiger partial charge on any atom is -0.508 e. The molecule has 0 atom stereocenters. The first kappa shape index (κ1) is 12.9. The van der Waals surface area contributed by atoms with Crippen molar-refractivity contribution in [2.24, 2.45) is 0 Å². The second kappa shape index (κ2) is 6.43. The molecule has 0 bridgehead atoms. The van der Waals surface area contributed by atoms with E-state index < -0.39 is 0 Å². The summed E-state index contributed by atoms with van der Waals surface area (Å²) in [5.74, 6) is 0.383. The summed E-state index contributed by atoms with van der Waals surface area (Å²) in [6.07, 6.45) is 7.03. The van der Waals surface area contributed by atoms with Crippen molar-refractivity contribution in [2.75, 3.05) is 0 Å². The molecule has 0 radical (unpaired) electrons. The first-order valence-corrected chi connectivity index (χ1v) is 6.82. The minimum absolute atomic E-state index is 0.102. The highest BCUT2D eigenvalue weighted by Crippen LogP contribution is 2.19. The Morgan fingerprint density at radius 1 is 1.22 bits per heavy atom. The Bertz CT molecular complexity index is 397. The molecule has 3 nitrogen and oxygen atoms in total. The standard InChI is InChI=1S/C15H21NO2/c17-14-9-5-4-6-12(14)10-11-15(18)16-13-7-2-1-3-8-13/h4-6,9,13,17H,1-3,7-8,10-11H2,(H,16,18). The number of hydrogen-bond acceptors (Lipinski definition) is 2. The van der Waals surface area contributed by atoms with Crippen LogP contribution in [0.3, 0.4) is 0 Å². The largest absolute Gasteiger partial charge is 0.508 e. The van der Waals surface area contributed by atoms with E-state index in [1.165, 1.54) is 19.3 Å². The summed E-state index contributed by atoms with van der Waals surface area (Å²) >= 11 is 0. The summed E-state index contributed by atoms with van der Waals surface area (Å²) in [6, 6.07) is 7.57. The van der Waals surface area contributed by atoms with Crippen LogP contribution in [-0.2, 0) is 11.2 Å². The predicted molar refractivity (Wildman–Crippen MR) is 71.4 cm³/mol. The molecule has 0 spiro atoms. The zero-order valence-corrected chi connectivity index (χ0v) is 10.7. The number of hydrogen-bond donors (Lipinski definition) is 2. The van der Waals surface area contributed by atoms with Crippen LogP contribution in [0.1, 0.15) is 44.1 Å². The Balaban J connectivity index is 1.76. The van der Waals surface area contributed by atoms with Crippen LogP contribution in [0.2, 0.25) is 0 Å². The van der Waals surface area contributed by atoms with Crippen molar-refractivity contribution < 1.29 is 9.90 Å². The van der Waals surface area contributed by atoms with Gasteiger partial charge in [0.05, 0.1) is 0 Å². The number of carbonyl (C=O) groups excluding carboxylic acids is 1. The molecule has 1 aliphatic rings.